The highest BCUT2D eigenvalue weighted by atomic mass is 16.5. The van der Waals surface area contributed by atoms with Crippen molar-refractivity contribution in [3.63, 3.8) is 0 Å². The summed E-state index contributed by atoms with van der Waals surface area (Å²) in [7, 11) is 0. The van der Waals surface area contributed by atoms with E-state index in [9.17, 15) is 4.79 Å². The topological polar surface area (TPSA) is 29.5 Å². The molecule has 0 atom stereocenters. The predicted molar refractivity (Wildman–Crippen MR) is 168 cm³/mol. The molecule has 3 nitrogen and oxygen atoms in total. The number of hydrogen-bond donors (Lipinski definition) is 0. The lowest BCUT2D eigenvalue weighted by molar-refractivity contribution is -0.143. The van der Waals surface area contributed by atoms with E-state index in [-0.39, 0.29) is 11.5 Å². The average Bonchev–Trinajstić information content (AvgIpc) is 2.92. The van der Waals surface area contributed by atoms with Crippen LogP contribution in [-0.2, 0) is 4.79 Å². The highest BCUT2D eigenvalue weighted by Crippen LogP contribution is 2.39. The van der Waals surface area contributed by atoms with Crippen LogP contribution in [0.15, 0.2) is 78.9 Å². The lowest BCUT2D eigenvalue weighted by atomic mass is 9.82. The third-order valence-corrected chi connectivity index (χ3v) is 8.01. The van der Waals surface area contributed by atoms with Gasteiger partial charge in [0.25, 0.3) is 0 Å². The van der Waals surface area contributed by atoms with Gasteiger partial charge in [-0.05, 0) is 125 Å². The molecule has 1 fully saturated rings. The number of rotatable bonds is 6. The standard InChI is InChI=1S/C37H47NO2/c1-26(2)33(29-12-10-9-11-13-29)34(31-18-20-32(21-19-31)40-35(39)36(3,4)5)30-16-14-27(15-17-30)28-22-24-38(25-23-28)37(6,7)8/h9-21,26,28H,22-25H2,1-8H3/b34-33+. The molecule has 0 bridgehead atoms. The number of hydrogen-bond acceptors (Lipinski definition) is 3. The van der Waals surface area contributed by atoms with Crippen molar-refractivity contribution in [2.45, 2.75) is 79.7 Å². The molecule has 3 aromatic rings. The summed E-state index contributed by atoms with van der Waals surface area (Å²) in [4.78, 5) is 15.1. The molecule has 1 aliphatic heterocycles. The maximum absolute atomic E-state index is 12.5. The Morgan fingerprint density at radius 1 is 0.750 bits per heavy atom. The van der Waals surface area contributed by atoms with Gasteiger partial charge in [0.2, 0.25) is 0 Å². The van der Waals surface area contributed by atoms with Crippen molar-refractivity contribution >= 4 is 17.1 Å². The number of piperidine rings is 1. The Balaban J connectivity index is 1.70. The van der Waals surface area contributed by atoms with Gasteiger partial charge in [0.05, 0.1) is 5.41 Å². The van der Waals surface area contributed by atoms with Crippen LogP contribution >= 0.6 is 0 Å². The molecule has 0 radical (unpaired) electrons. The van der Waals surface area contributed by atoms with Crippen LogP contribution in [0.4, 0.5) is 0 Å². The molecule has 3 heteroatoms. The van der Waals surface area contributed by atoms with Crippen LogP contribution < -0.4 is 4.74 Å². The van der Waals surface area contributed by atoms with Gasteiger partial charge in [0.15, 0.2) is 0 Å². The number of carbonyl (C=O) groups is 1. The molecule has 0 aromatic heterocycles. The van der Waals surface area contributed by atoms with E-state index in [0.717, 1.165) is 18.7 Å². The summed E-state index contributed by atoms with van der Waals surface area (Å²) in [6.45, 7) is 19.4. The Hall–Kier alpha value is -3.17. The van der Waals surface area contributed by atoms with Gasteiger partial charge in [-0.3, -0.25) is 9.69 Å². The number of esters is 1. The zero-order chi connectivity index (χ0) is 29.1. The lowest BCUT2D eigenvalue weighted by Gasteiger charge is -2.41. The molecule has 3 aromatic carbocycles. The van der Waals surface area contributed by atoms with E-state index >= 15 is 0 Å². The van der Waals surface area contributed by atoms with Gasteiger partial charge in [0.1, 0.15) is 5.75 Å². The Kier molecular flexibility index (Phi) is 9.05. The summed E-state index contributed by atoms with van der Waals surface area (Å²) in [6.07, 6.45) is 2.41. The Labute approximate surface area is 242 Å². The van der Waals surface area contributed by atoms with Crippen molar-refractivity contribution < 1.29 is 9.53 Å². The molecule has 0 saturated carbocycles. The molecule has 0 unspecified atom stereocenters. The first-order valence-electron chi connectivity index (χ1n) is 14.8. The maximum Gasteiger partial charge on any atom is 0.316 e. The highest BCUT2D eigenvalue weighted by Gasteiger charge is 2.28. The number of ether oxygens (including phenoxy) is 1. The zero-order valence-electron chi connectivity index (χ0n) is 25.8. The molecule has 40 heavy (non-hydrogen) atoms. The zero-order valence-corrected chi connectivity index (χ0v) is 25.8. The van der Waals surface area contributed by atoms with Crippen molar-refractivity contribution in [1.29, 1.82) is 0 Å². The second kappa shape index (κ2) is 12.1. The molecule has 212 valence electrons. The summed E-state index contributed by atoms with van der Waals surface area (Å²) in [6, 6.07) is 28.0. The molecule has 0 spiro atoms. The second-order valence-electron chi connectivity index (χ2n) is 13.5. The highest BCUT2D eigenvalue weighted by molar-refractivity contribution is 5.99. The van der Waals surface area contributed by atoms with Crippen LogP contribution in [0.1, 0.15) is 96.4 Å². The normalized spacial score (nSPS) is 16.1. The Bertz CT molecular complexity index is 1300. The largest absolute Gasteiger partial charge is 0.426 e. The van der Waals surface area contributed by atoms with Crippen molar-refractivity contribution in [2.24, 2.45) is 11.3 Å². The summed E-state index contributed by atoms with van der Waals surface area (Å²) in [5, 5.41) is 0. The first kappa shape index (κ1) is 29.8. The number of likely N-dealkylation sites (tertiary alicyclic amines) is 1. The van der Waals surface area contributed by atoms with Crippen LogP contribution in [0.5, 0.6) is 5.75 Å². The molecule has 4 rings (SSSR count). The van der Waals surface area contributed by atoms with Crippen LogP contribution in [0.3, 0.4) is 0 Å². The first-order chi connectivity index (χ1) is 18.8. The quantitative estimate of drug-likeness (QED) is 0.178. The van der Waals surface area contributed by atoms with E-state index in [1.54, 1.807) is 0 Å². The molecule has 1 aliphatic rings. The first-order valence-corrected chi connectivity index (χ1v) is 14.8. The third-order valence-electron chi connectivity index (χ3n) is 8.01. The van der Waals surface area contributed by atoms with Crippen molar-refractivity contribution in [3.05, 3.63) is 101 Å². The molecule has 1 heterocycles. The lowest BCUT2D eigenvalue weighted by Crippen LogP contribution is -2.45. The monoisotopic (exact) mass is 537 g/mol. The fourth-order valence-electron chi connectivity index (χ4n) is 5.62. The molecular weight excluding hydrogens is 490 g/mol. The van der Waals surface area contributed by atoms with Crippen LogP contribution in [-0.4, -0.2) is 29.5 Å². The van der Waals surface area contributed by atoms with E-state index in [1.807, 2.05) is 32.9 Å². The van der Waals surface area contributed by atoms with Crippen LogP contribution in [0.25, 0.3) is 11.1 Å². The summed E-state index contributed by atoms with van der Waals surface area (Å²) in [5.41, 5.74) is 7.22. The van der Waals surface area contributed by atoms with Gasteiger partial charge >= 0.3 is 5.97 Å². The smallest absolute Gasteiger partial charge is 0.316 e. The predicted octanol–water partition coefficient (Wildman–Crippen LogP) is 9.23. The minimum absolute atomic E-state index is 0.230. The van der Waals surface area contributed by atoms with E-state index in [2.05, 4.69) is 106 Å². The van der Waals surface area contributed by atoms with Gasteiger partial charge < -0.3 is 4.74 Å². The van der Waals surface area contributed by atoms with Crippen LogP contribution in [0.2, 0.25) is 0 Å². The minimum Gasteiger partial charge on any atom is -0.426 e. The molecule has 0 amide bonds. The molecule has 0 aliphatic carbocycles. The van der Waals surface area contributed by atoms with Gasteiger partial charge in [0, 0.05) is 5.54 Å². The van der Waals surface area contributed by atoms with E-state index < -0.39 is 5.41 Å². The number of allylic oxidation sites excluding steroid dienone is 1. The SMILES string of the molecule is CC(C)/C(=C(\c1ccc(OC(=O)C(C)(C)C)cc1)c1ccc(C2CCN(C(C)(C)C)CC2)cc1)c1ccccc1. The van der Waals surface area contributed by atoms with Gasteiger partial charge in [-0.25, -0.2) is 0 Å². The summed E-state index contributed by atoms with van der Waals surface area (Å²) < 4.78 is 5.66. The number of nitrogens with zero attached hydrogens (tertiary/aromatic N) is 1. The Morgan fingerprint density at radius 2 is 1.27 bits per heavy atom. The summed E-state index contributed by atoms with van der Waals surface area (Å²) >= 11 is 0. The Morgan fingerprint density at radius 3 is 1.75 bits per heavy atom. The van der Waals surface area contributed by atoms with Gasteiger partial charge in [-0.2, -0.15) is 0 Å². The minimum atomic E-state index is -0.549. The van der Waals surface area contributed by atoms with E-state index in [4.69, 9.17) is 4.74 Å². The molecule has 0 N–H and O–H groups in total. The van der Waals surface area contributed by atoms with Crippen molar-refractivity contribution in [3.8, 4) is 5.75 Å². The summed E-state index contributed by atoms with van der Waals surface area (Å²) in [5.74, 6) is 1.27. The molecular formula is C37H47NO2. The fourth-order valence-corrected chi connectivity index (χ4v) is 5.62. The fraction of sp³-hybridized carbons (Fsp3) is 0.432. The van der Waals surface area contributed by atoms with E-state index in [0.29, 0.717) is 17.6 Å². The van der Waals surface area contributed by atoms with Gasteiger partial charge in [-0.15, -0.1) is 0 Å². The van der Waals surface area contributed by atoms with Crippen LogP contribution in [0, 0.1) is 11.3 Å². The van der Waals surface area contributed by atoms with Crippen molar-refractivity contribution in [1.82, 2.24) is 4.90 Å². The number of carbonyl (C=O) groups excluding carboxylic acids is 1. The average molecular weight is 538 g/mol. The number of benzene rings is 3. The molecule has 1 saturated heterocycles. The maximum atomic E-state index is 12.5. The van der Waals surface area contributed by atoms with Crippen molar-refractivity contribution in [2.75, 3.05) is 13.1 Å². The van der Waals surface area contributed by atoms with E-state index in [1.165, 1.54) is 40.7 Å². The third kappa shape index (κ3) is 7.12. The van der Waals surface area contributed by atoms with Gasteiger partial charge in [-0.1, -0.05) is 80.6 Å². The second-order valence-corrected chi connectivity index (χ2v) is 13.5.